The smallest absolute Gasteiger partial charge is 0.330 e. The van der Waals surface area contributed by atoms with E-state index >= 15 is 0 Å². The van der Waals surface area contributed by atoms with Crippen LogP contribution in [0.2, 0.25) is 0 Å². The van der Waals surface area contributed by atoms with E-state index in [1.165, 1.54) is 18.2 Å². The van der Waals surface area contributed by atoms with Gasteiger partial charge in [0.2, 0.25) is 0 Å². The number of Topliss-reactive ketones (excluding diaryl/α,β-unsaturated/α-hetero) is 2. The van der Waals surface area contributed by atoms with Gasteiger partial charge in [0.25, 0.3) is 0 Å². The van der Waals surface area contributed by atoms with E-state index in [0.717, 1.165) is 12.5 Å². The largest absolute Gasteiger partial charge is 0.460 e. The van der Waals surface area contributed by atoms with Gasteiger partial charge < -0.3 is 33.2 Å². The summed E-state index contributed by atoms with van der Waals surface area (Å²) in [7, 11) is 0. The van der Waals surface area contributed by atoms with Gasteiger partial charge in [-0.2, -0.15) is 0 Å². The Balaban J connectivity index is 2.57. The second kappa shape index (κ2) is 32.5. The number of carbonyl (C=O) groups excluding carboxylic acids is 8. The van der Waals surface area contributed by atoms with E-state index in [9.17, 15) is 38.4 Å². The Morgan fingerprint density at radius 2 is 0.949 bits per heavy atom. The van der Waals surface area contributed by atoms with E-state index in [-0.39, 0.29) is 84.6 Å². The lowest BCUT2D eigenvalue weighted by atomic mass is 9.70. The number of rotatable bonds is 39. The summed E-state index contributed by atoms with van der Waals surface area (Å²) >= 11 is 0. The molecule has 0 saturated heterocycles. The number of carbonyl (C=O) groups is 8. The summed E-state index contributed by atoms with van der Waals surface area (Å²) < 4.78 is 40.8. The fourth-order valence-electron chi connectivity index (χ4n) is 9.00. The first-order valence-electron chi connectivity index (χ1n) is 29.1. The van der Waals surface area contributed by atoms with Crippen molar-refractivity contribution in [1.29, 1.82) is 0 Å². The van der Waals surface area contributed by atoms with Crippen molar-refractivity contribution < 1.29 is 71.5 Å². The lowest BCUT2D eigenvalue weighted by molar-refractivity contribution is -0.173. The molecule has 0 aliphatic heterocycles. The van der Waals surface area contributed by atoms with E-state index in [0.29, 0.717) is 83.8 Å². The molecule has 1 fully saturated rings. The number of hydrogen-bond donors (Lipinski definition) is 0. The fourth-order valence-corrected chi connectivity index (χ4v) is 9.00. The van der Waals surface area contributed by atoms with Crippen LogP contribution in [0.1, 0.15) is 228 Å². The average molecular weight is 1100 g/mol. The van der Waals surface area contributed by atoms with Crippen LogP contribution >= 0.6 is 0 Å². The van der Waals surface area contributed by atoms with Crippen LogP contribution in [-0.2, 0) is 71.5 Å². The van der Waals surface area contributed by atoms with Crippen LogP contribution in [-0.4, -0.2) is 113 Å². The molecule has 0 heterocycles. The molecule has 0 amide bonds. The van der Waals surface area contributed by atoms with E-state index in [1.807, 2.05) is 83.1 Å². The van der Waals surface area contributed by atoms with Crippen molar-refractivity contribution >= 4 is 46.8 Å². The molecule has 6 unspecified atom stereocenters. The molecule has 0 bridgehead atoms. The molecule has 15 nitrogen and oxygen atoms in total. The summed E-state index contributed by atoms with van der Waals surface area (Å²) in [6.07, 6.45) is 11.5. The van der Waals surface area contributed by atoms with Crippen molar-refractivity contribution in [3.8, 4) is 0 Å². The Morgan fingerprint density at radius 1 is 0.500 bits per heavy atom. The molecule has 1 aliphatic rings. The number of hydrogen-bond acceptors (Lipinski definition) is 15. The second-order valence-corrected chi connectivity index (χ2v) is 25.3. The SMILES string of the molecule is CCC(C)OC(C)CCC(=O)/C=C/C(=O)C(C)(CC)C(C)(C)OCCC(C)CCC(=O)C(C)(C)OC(=O)C1CCC(C(=O)OC(C)(C)C(=O)CCC(C)CCOC(C)(C)C(C)(C)C(=O)/C=C/C(=O)OCC(C)OC(C)C)CC1. The zero-order valence-electron chi connectivity index (χ0n) is 52.1. The molecule has 0 spiro atoms. The highest BCUT2D eigenvalue weighted by molar-refractivity contribution is 6.02. The highest BCUT2D eigenvalue weighted by Gasteiger charge is 2.46. The Labute approximate surface area is 470 Å². The lowest BCUT2D eigenvalue weighted by Crippen LogP contribution is -2.48. The summed E-state index contributed by atoms with van der Waals surface area (Å²) in [5, 5.41) is 0. The van der Waals surface area contributed by atoms with Crippen molar-refractivity contribution in [3.63, 3.8) is 0 Å². The highest BCUT2D eigenvalue weighted by atomic mass is 16.6. The molecule has 1 aliphatic carbocycles. The number of ketones is 5. The number of allylic oxidation sites excluding steroid dienone is 3. The Bertz CT molecular complexity index is 2020. The molecular weight excluding hydrogens is 997 g/mol. The normalized spacial score (nSPS) is 18.7. The summed E-state index contributed by atoms with van der Waals surface area (Å²) in [5.74, 6) is -3.31. The van der Waals surface area contributed by atoms with E-state index in [2.05, 4.69) is 6.92 Å². The zero-order chi connectivity index (χ0) is 60.0. The molecule has 1 saturated carbocycles. The van der Waals surface area contributed by atoms with Crippen molar-refractivity contribution in [2.24, 2.45) is 34.5 Å². The van der Waals surface area contributed by atoms with Gasteiger partial charge in [-0.3, -0.25) is 33.6 Å². The minimum Gasteiger partial charge on any atom is -0.460 e. The van der Waals surface area contributed by atoms with Gasteiger partial charge in [0.05, 0.1) is 58.3 Å². The molecule has 448 valence electrons. The molecule has 15 heteroatoms. The van der Waals surface area contributed by atoms with Crippen LogP contribution in [0, 0.1) is 34.5 Å². The van der Waals surface area contributed by atoms with Crippen LogP contribution in [0.15, 0.2) is 24.3 Å². The third-order valence-corrected chi connectivity index (χ3v) is 16.6. The molecule has 0 aromatic carbocycles. The fraction of sp³-hybridized carbons (Fsp3) is 0.810. The molecule has 0 N–H and O–H groups in total. The Morgan fingerprint density at radius 3 is 1.38 bits per heavy atom. The van der Waals surface area contributed by atoms with Gasteiger partial charge in [0, 0.05) is 38.6 Å². The molecule has 78 heavy (non-hydrogen) atoms. The average Bonchev–Trinajstić information content (AvgIpc) is 3.35. The highest BCUT2D eigenvalue weighted by Crippen LogP contribution is 2.40. The summed E-state index contributed by atoms with van der Waals surface area (Å²) in [5.41, 5.74) is -6.25. The van der Waals surface area contributed by atoms with Crippen LogP contribution in [0.25, 0.3) is 0 Å². The van der Waals surface area contributed by atoms with Gasteiger partial charge in [-0.15, -0.1) is 0 Å². The third-order valence-electron chi connectivity index (χ3n) is 16.6. The summed E-state index contributed by atoms with van der Waals surface area (Å²) in [6, 6.07) is 0. The molecule has 0 aromatic rings. The van der Waals surface area contributed by atoms with Gasteiger partial charge in [-0.05, 0) is 211 Å². The minimum atomic E-state index is -1.35. The van der Waals surface area contributed by atoms with Gasteiger partial charge in [0.15, 0.2) is 40.1 Å². The number of esters is 3. The second-order valence-electron chi connectivity index (χ2n) is 25.3. The molecule has 0 aromatic heterocycles. The monoisotopic (exact) mass is 1100 g/mol. The van der Waals surface area contributed by atoms with Crippen LogP contribution < -0.4 is 0 Å². The van der Waals surface area contributed by atoms with Crippen LogP contribution in [0.4, 0.5) is 0 Å². The maximum atomic E-state index is 13.5. The van der Waals surface area contributed by atoms with Gasteiger partial charge >= 0.3 is 17.9 Å². The van der Waals surface area contributed by atoms with Crippen LogP contribution in [0.3, 0.4) is 0 Å². The topological polar surface area (TPSA) is 201 Å². The van der Waals surface area contributed by atoms with Crippen LogP contribution in [0.5, 0.6) is 0 Å². The predicted octanol–water partition coefficient (Wildman–Crippen LogP) is 12.4. The van der Waals surface area contributed by atoms with E-state index < -0.39 is 63.0 Å². The maximum absolute atomic E-state index is 13.5. The standard InChI is InChI=1S/C63H106O15/c1-21-45(7)76-46(8)25-30-50(64)31-34-54(68)63(20,22-2)62(18,19)74-40-38-44(6)24-33-53(67)60(14,15)78-57(71)49-28-26-48(27-29-49)56(70)77-59(12,13)52(66)32-23-43(5)37-39-73-61(16,17)58(10,11)51(65)35-36-55(69)72-41-47(9)75-42(3)4/h31,34-36,42-49H,21-30,32-33,37-41H2,1-20H3/b34-31+,36-35+. The quantitative estimate of drug-likeness (QED) is 0.0319. The summed E-state index contributed by atoms with van der Waals surface area (Å²) in [6.45, 7) is 37.6. The lowest BCUT2D eigenvalue weighted by Gasteiger charge is -2.42. The van der Waals surface area contributed by atoms with Crippen molar-refractivity contribution in [3.05, 3.63) is 24.3 Å². The molecule has 1 rings (SSSR count). The first-order valence-corrected chi connectivity index (χ1v) is 29.1. The Hall–Kier alpha value is -3.92. The predicted molar refractivity (Wildman–Crippen MR) is 304 cm³/mol. The maximum Gasteiger partial charge on any atom is 0.330 e. The minimum absolute atomic E-state index is 0.00330. The molecule has 6 atom stereocenters. The molecular formula is C63H106O15. The van der Waals surface area contributed by atoms with E-state index in [1.54, 1.807) is 48.5 Å². The first kappa shape index (κ1) is 72.1. The van der Waals surface area contributed by atoms with Gasteiger partial charge in [-0.1, -0.05) is 27.7 Å². The summed E-state index contributed by atoms with van der Waals surface area (Å²) in [4.78, 5) is 105. The van der Waals surface area contributed by atoms with Gasteiger partial charge in [-0.25, -0.2) is 4.79 Å². The Kier molecular flexibility index (Phi) is 30.0. The van der Waals surface area contributed by atoms with Crippen molar-refractivity contribution in [2.45, 2.75) is 275 Å². The first-order chi connectivity index (χ1) is 35.9. The van der Waals surface area contributed by atoms with Crippen molar-refractivity contribution in [2.75, 3.05) is 19.8 Å². The zero-order valence-corrected chi connectivity index (χ0v) is 52.1. The van der Waals surface area contributed by atoms with E-state index in [4.69, 9.17) is 33.2 Å². The molecule has 0 radical (unpaired) electrons. The third kappa shape index (κ3) is 24.0. The number of ether oxygens (including phenoxy) is 7. The van der Waals surface area contributed by atoms with Gasteiger partial charge in [0.1, 0.15) is 6.61 Å². The van der Waals surface area contributed by atoms with Crippen molar-refractivity contribution in [1.82, 2.24) is 0 Å².